The van der Waals surface area contributed by atoms with Crippen molar-refractivity contribution >= 4 is 65.4 Å². The molecule has 0 aliphatic heterocycles. The molecule has 0 radical (unpaired) electrons. The summed E-state index contributed by atoms with van der Waals surface area (Å²) in [5.74, 6) is 0. The molecule has 0 N–H and O–H groups in total. The molecule has 3 nitrogen and oxygen atoms in total. The van der Waals surface area contributed by atoms with Crippen molar-refractivity contribution in [1.82, 2.24) is 13.7 Å². The van der Waals surface area contributed by atoms with Crippen LogP contribution in [0.15, 0.2) is 152 Å². The number of aromatic nitrogens is 3. The second-order valence-electron chi connectivity index (χ2n) is 18.0. The van der Waals surface area contributed by atoms with Crippen molar-refractivity contribution in [3.63, 3.8) is 0 Å². The highest BCUT2D eigenvalue weighted by atomic mass is 15.0. The minimum Gasteiger partial charge on any atom is -0.309 e. The Kier molecular flexibility index (Phi) is 7.45. The normalized spacial score (nSPS) is 12.7. The van der Waals surface area contributed by atoms with E-state index >= 15 is 0 Å². The van der Waals surface area contributed by atoms with Crippen molar-refractivity contribution < 1.29 is 0 Å². The smallest absolute Gasteiger partial charge is 0.0542 e. The first-order valence-electron chi connectivity index (χ1n) is 19.7. The van der Waals surface area contributed by atoms with Gasteiger partial charge < -0.3 is 13.7 Å². The number of rotatable bonds is 5. The molecule has 55 heavy (non-hydrogen) atoms. The SMILES string of the molecule is CC(C)(C)Cc1cc(CC(C)(C)C)cc(-n2c3ccc(-n4c5ccccc5c5ccccc54)cc3c3cc(-n4c5ccccc5c5ccccc54)ccc32)c1. The van der Waals surface area contributed by atoms with Gasteiger partial charge in [0.1, 0.15) is 0 Å². The van der Waals surface area contributed by atoms with Gasteiger partial charge in [0.25, 0.3) is 0 Å². The third-order valence-corrected chi connectivity index (χ3v) is 11.2. The molecule has 0 amide bonds. The number of para-hydroxylation sites is 4. The zero-order valence-corrected chi connectivity index (χ0v) is 32.7. The summed E-state index contributed by atoms with van der Waals surface area (Å²) in [5, 5.41) is 7.59. The van der Waals surface area contributed by atoms with Gasteiger partial charge in [-0.1, -0.05) is 120 Å². The van der Waals surface area contributed by atoms with Gasteiger partial charge in [0.15, 0.2) is 0 Å². The molecule has 0 spiro atoms. The molecule has 0 fully saturated rings. The van der Waals surface area contributed by atoms with Crippen LogP contribution in [0, 0.1) is 10.8 Å². The fourth-order valence-corrected chi connectivity index (χ4v) is 9.26. The van der Waals surface area contributed by atoms with E-state index in [0.717, 1.165) is 12.8 Å². The van der Waals surface area contributed by atoms with Gasteiger partial charge in [-0.15, -0.1) is 0 Å². The lowest BCUT2D eigenvalue weighted by Crippen LogP contribution is -2.13. The maximum Gasteiger partial charge on any atom is 0.0542 e. The molecule has 3 heteroatoms. The largest absolute Gasteiger partial charge is 0.309 e. The fourth-order valence-electron chi connectivity index (χ4n) is 9.26. The molecule has 7 aromatic carbocycles. The van der Waals surface area contributed by atoms with E-state index in [-0.39, 0.29) is 10.8 Å². The van der Waals surface area contributed by atoms with E-state index in [4.69, 9.17) is 0 Å². The molecule has 0 atom stereocenters. The molecule has 0 saturated carbocycles. The van der Waals surface area contributed by atoms with Gasteiger partial charge in [-0.3, -0.25) is 0 Å². The van der Waals surface area contributed by atoms with E-state index in [1.807, 2.05) is 0 Å². The van der Waals surface area contributed by atoms with Crippen LogP contribution in [0.5, 0.6) is 0 Å². The van der Waals surface area contributed by atoms with Crippen molar-refractivity contribution in [3.05, 3.63) is 163 Å². The highest BCUT2D eigenvalue weighted by molar-refractivity contribution is 6.14. The molecular weight excluding hydrogens is 667 g/mol. The molecule has 10 rings (SSSR count). The summed E-state index contributed by atoms with van der Waals surface area (Å²) in [7, 11) is 0. The molecule has 0 saturated heterocycles. The van der Waals surface area contributed by atoms with Crippen LogP contribution < -0.4 is 0 Å². The van der Waals surface area contributed by atoms with Crippen LogP contribution in [0.1, 0.15) is 52.7 Å². The van der Waals surface area contributed by atoms with Gasteiger partial charge in [0, 0.05) is 49.4 Å². The van der Waals surface area contributed by atoms with Crippen LogP contribution in [0.4, 0.5) is 0 Å². The zero-order valence-electron chi connectivity index (χ0n) is 32.7. The summed E-state index contributed by atoms with van der Waals surface area (Å²) in [4.78, 5) is 0. The molecular formula is C52H47N3. The summed E-state index contributed by atoms with van der Waals surface area (Å²) in [5.41, 5.74) is 14.0. The van der Waals surface area contributed by atoms with Crippen molar-refractivity contribution in [3.8, 4) is 17.1 Å². The molecule has 10 aromatic rings. The molecule has 3 aromatic heterocycles. The van der Waals surface area contributed by atoms with Crippen LogP contribution in [-0.4, -0.2) is 13.7 Å². The average Bonchev–Trinajstić information content (AvgIpc) is 3.78. The summed E-state index contributed by atoms with van der Waals surface area (Å²) < 4.78 is 7.40. The summed E-state index contributed by atoms with van der Waals surface area (Å²) >= 11 is 0. The van der Waals surface area contributed by atoms with E-state index < -0.39 is 0 Å². The molecule has 270 valence electrons. The number of hydrogen-bond donors (Lipinski definition) is 0. The summed E-state index contributed by atoms with van der Waals surface area (Å²) in [6.45, 7) is 14.1. The lowest BCUT2D eigenvalue weighted by molar-refractivity contribution is 0.405. The van der Waals surface area contributed by atoms with Gasteiger partial charge in [0.05, 0.1) is 33.1 Å². The molecule has 0 aliphatic carbocycles. The standard InChI is InChI=1S/C52H47N3/c1-51(2,3)32-34-27-35(33-52(4,5)6)29-38(28-34)55-49-25-23-36(53-45-19-11-7-15-39(45)40-16-8-12-20-46(40)53)30-43(49)44-31-37(24-26-50(44)55)54-47-21-13-9-17-41(47)42-18-10-14-22-48(42)54/h7-31H,32-33H2,1-6H3. The van der Waals surface area contributed by atoms with Crippen LogP contribution in [0.25, 0.3) is 82.5 Å². The number of fused-ring (bicyclic) bond motifs is 9. The van der Waals surface area contributed by atoms with Crippen LogP contribution in [0.3, 0.4) is 0 Å². The summed E-state index contributed by atoms with van der Waals surface area (Å²) in [6.07, 6.45) is 2.04. The van der Waals surface area contributed by atoms with Crippen molar-refractivity contribution in [2.45, 2.75) is 54.4 Å². The first-order valence-corrected chi connectivity index (χ1v) is 19.7. The van der Waals surface area contributed by atoms with Crippen LogP contribution in [-0.2, 0) is 12.8 Å². The number of benzene rings is 7. The van der Waals surface area contributed by atoms with Gasteiger partial charge in [0.2, 0.25) is 0 Å². The van der Waals surface area contributed by atoms with E-state index in [9.17, 15) is 0 Å². The monoisotopic (exact) mass is 713 g/mol. The Morgan fingerprint density at radius 2 is 0.618 bits per heavy atom. The Morgan fingerprint density at radius 1 is 0.309 bits per heavy atom. The lowest BCUT2D eigenvalue weighted by Gasteiger charge is -2.23. The van der Waals surface area contributed by atoms with E-state index in [0.29, 0.717) is 0 Å². The minimum absolute atomic E-state index is 0.173. The van der Waals surface area contributed by atoms with Gasteiger partial charge in [-0.25, -0.2) is 0 Å². The maximum atomic E-state index is 2.52. The Hall–Kier alpha value is -6.06. The molecule has 3 heterocycles. The molecule has 0 unspecified atom stereocenters. The number of nitrogens with zero attached hydrogens (tertiary/aromatic N) is 3. The van der Waals surface area contributed by atoms with Crippen LogP contribution >= 0.6 is 0 Å². The van der Waals surface area contributed by atoms with Crippen molar-refractivity contribution in [2.75, 3.05) is 0 Å². The molecule has 0 bridgehead atoms. The zero-order chi connectivity index (χ0) is 37.6. The quantitative estimate of drug-likeness (QED) is 0.169. The first kappa shape index (κ1) is 33.5. The van der Waals surface area contributed by atoms with E-state index in [1.165, 1.54) is 93.6 Å². The van der Waals surface area contributed by atoms with E-state index in [1.54, 1.807) is 0 Å². The van der Waals surface area contributed by atoms with E-state index in [2.05, 4.69) is 207 Å². The lowest BCUT2D eigenvalue weighted by atomic mass is 9.84. The third kappa shape index (κ3) is 5.64. The Labute approximate surface area is 323 Å². The minimum atomic E-state index is 0.173. The highest BCUT2D eigenvalue weighted by Crippen LogP contribution is 2.40. The highest BCUT2D eigenvalue weighted by Gasteiger charge is 2.21. The maximum absolute atomic E-state index is 2.52. The van der Waals surface area contributed by atoms with Gasteiger partial charge in [-0.05, 0) is 108 Å². The fraction of sp³-hybridized carbons (Fsp3) is 0.192. The Balaban J connectivity index is 1.28. The Bertz CT molecular complexity index is 2800. The summed E-state index contributed by atoms with van der Waals surface area (Å²) in [6, 6.07) is 56.7. The molecule has 0 aliphatic rings. The van der Waals surface area contributed by atoms with Gasteiger partial charge in [-0.2, -0.15) is 0 Å². The average molecular weight is 714 g/mol. The van der Waals surface area contributed by atoms with Crippen molar-refractivity contribution in [2.24, 2.45) is 10.8 Å². The topological polar surface area (TPSA) is 14.8 Å². The van der Waals surface area contributed by atoms with Crippen molar-refractivity contribution in [1.29, 1.82) is 0 Å². The number of hydrogen-bond acceptors (Lipinski definition) is 0. The Morgan fingerprint density at radius 3 is 0.964 bits per heavy atom. The second kappa shape index (κ2) is 12.2. The predicted octanol–water partition coefficient (Wildman–Crippen LogP) is 14.2. The van der Waals surface area contributed by atoms with Gasteiger partial charge >= 0.3 is 0 Å². The third-order valence-electron chi connectivity index (χ3n) is 11.2. The first-order chi connectivity index (χ1) is 26.5. The predicted molar refractivity (Wildman–Crippen MR) is 236 cm³/mol. The van der Waals surface area contributed by atoms with Crippen LogP contribution in [0.2, 0.25) is 0 Å². The second-order valence-corrected chi connectivity index (χ2v) is 18.0.